The van der Waals surface area contributed by atoms with E-state index in [1.165, 1.54) is 11.8 Å². The number of hydrogen-bond donors (Lipinski definition) is 0. The maximum absolute atomic E-state index is 12.4. The van der Waals surface area contributed by atoms with Crippen LogP contribution in [0.15, 0.2) is 53.9 Å². The molecule has 0 saturated heterocycles. The molecule has 0 fully saturated rings. The van der Waals surface area contributed by atoms with Crippen LogP contribution in [0.25, 0.3) is 11.4 Å². The number of aromatic nitrogens is 4. The molecule has 0 aliphatic rings. The summed E-state index contributed by atoms with van der Waals surface area (Å²) in [5.74, 6) is 1.79. The molecule has 0 unspecified atom stereocenters. The van der Waals surface area contributed by atoms with E-state index < -0.39 is 0 Å². The minimum Gasteiger partial charge on any atom is -0.492 e. The van der Waals surface area contributed by atoms with Gasteiger partial charge in [0.15, 0.2) is 11.0 Å². The van der Waals surface area contributed by atoms with Crippen LogP contribution in [0, 0.1) is 0 Å². The zero-order valence-corrected chi connectivity index (χ0v) is 17.9. The summed E-state index contributed by atoms with van der Waals surface area (Å²) in [7, 11) is 1.76. The topological polar surface area (TPSA) is 73.1 Å². The van der Waals surface area contributed by atoms with Gasteiger partial charge in [-0.1, -0.05) is 23.4 Å². The molecule has 1 amide bonds. The van der Waals surface area contributed by atoms with Gasteiger partial charge in [-0.05, 0) is 43.3 Å². The van der Waals surface area contributed by atoms with Crippen molar-refractivity contribution in [3.8, 4) is 17.1 Å². The van der Waals surface area contributed by atoms with E-state index in [2.05, 4.69) is 15.2 Å². The molecule has 2 aromatic heterocycles. The summed E-state index contributed by atoms with van der Waals surface area (Å²) in [6.45, 7) is 3.64. The average molecular weight is 432 g/mol. The fourth-order valence-corrected chi connectivity index (χ4v) is 3.66. The third-order valence-corrected chi connectivity index (χ3v) is 5.43. The lowest BCUT2D eigenvalue weighted by molar-refractivity contribution is -0.127. The van der Waals surface area contributed by atoms with Gasteiger partial charge in [0.1, 0.15) is 12.4 Å². The molecular weight excluding hydrogens is 410 g/mol. The molecule has 0 N–H and O–H groups in total. The molecule has 0 radical (unpaired) electrons. The fourth-order valence-electron chi connectivity index (χ4n) is 2.59. The van der Waals surface area contributed by atoms with Crippen molar-refractivity contribution in [1.82, 2.24) is 24.6 Å². The number of hydrogen-bond acceptors (Lipinski definition) is 6. The third kappa shape index (κ3) is 5.71. The van der Waals surface area contributed by atoms with Crippen molar-refractivity contribution in [2.24, 2.45) is 0 Å². The van der Waals surface area contributed by atoms with E-state index in [9.17, 15) is 4.79 Å². The Bertz CT molecular complexity index is 934. The second-order valence-corrected chi connectivity index (χ2v) is 7.57. The van der Waals surface area contributed by atoms with Gasteiger partial charge in [0.2, 0.25) is 5.91 Å². The van der Waals surface area contributed by atoms with Gasteiger partial charge in [0, 0.05) is 36.6 Å². The number of pyridine rings is 1. The van der Waals surface area contributed by atoms with Crippen LogP contribution in [0.1, 0.15) is 6.92 Å². The number of thioether (sulfide) groups is 1. The molecule has 3 aromatic rings. The molecule has 0 aliphatic carbocycles. The first kappa shape index (κ1) is 21.1. The van der Waals surface area contributed by atoms with Crippen LogP contribution in [0.5, 0.6) is 5.75 Å². The van der Waals surface area contributed by atoms with Crippen LogP contribution >= 0.6 is 23.4 Å². The Kier molecular flexibility index (Phi) is 7.48. The Labute approximate surface area is 179 Å². The van der Waals surface area contributed by atoms with Gasteiger partial charge in [-0.15, -0.1) is 10.2 Å². The number of halogens is 1. The van der Waals surface area contributed by atoms with E-state index >= 15 is 0 Å². The molecule has 152 valence electrons. The molecule has 1 aromatic carbocycles. The van der Waals surface area contributed by atoms with Gasteiger partial charge in [0.05, 0.1) is 12.3 Å². The van der Waals surface area contributed by atoms with Crippen molar-refractivity contribution in [3.63, 3.8) is 0 Å². The van der Waals surface area contributed by atoms with Crippen LogP contribution in [-0.2, 0) is 11.3 Å². The van der Waals surface area contributed by atoms with E-state index in [0.29, 0.717) is 24.7 Å². The number of benzene rings is 1. The lowest BCUT2D eigenvalue weighted by atomic mass is 10.2. The number of carbonyl (C=O) groups is 1. The zero-order valence-electron chi connectivity index (χ0n) is 16.3. The zero-order chi connectivity index (χ0) is 20.6. The lowest BCUT2D eigenvalue weighted by Crippen LogP contribution is -2.32. The Balaban J connectivity index is 1.51. The van der Waals surface area contributed by atoms with Crippen LogP contribution in [0.3, 0.4) is 0 Å². The van der Waals surface area contributed by atoms with Gasteiger partial charge in [-0.2, -0.15) is 0 Å². The van der Waals surface area contributed by atoms with E-state index in [4.69, 9.17) is 16.3 Å². The summed E-state index contributed by atoms with van der Waals surface area (Å²) < 4.78 is 7.64. The average Bonchev–Trinajstić information content (AvgIpc) is 3.17. The van der Waals surface area contributed by atoms with Gasteiger partial charge in [-0.3, -0.25) is 9.78 Å². The molecule has 7 nitrogen and oxygen atoms in total. The third-order valence-electron chi connectivity index (χ3n) is 4.23. The maximum Gasteiger partial charge on any atom is 0.232 e. The van der Waals surface area contributed by atoms with Crippen LogP contribution in [-0.4, -0.2) is 56.5 Å². The van der Waals surface area contributed by atoms with Gasteiger partial charge in [0.25, 0.3) is 0 Å². The standard InChI is InChI=1S/C20H22ClN5O2S/c1-3-26-19(15-8-10-22-11-9-15)23-24-20(26)29-14-18(27)25(2)12-13-28-17-6-4-16(21)5-7-17/h4-11H,3,12-14H2,1-2H3. The molecule has 0 aliphatic heterocycles. The molecule has 29 heavy (non-hydrogen) atoms. The Morgan fingerprint density at radius 1 is 1.17 bits per heavy atom. The first-order valence-corrected chi connectivity index (χ1v) is 10.5. The summed E-state index contributed by atoms with van der Waals surface area (Å²) in [4.78, 5) is 18.1. The Morgan fingerprint density at radius 3 is 2.59 bits per heavy atom. The predicted molar refractivity (Wildman–Crippen MR) is 114 cm³/mol. The highest BCUT2D eigenvalue weighted by atomic mass is 35.5. The molecule has 3 rings (SSSR count). The van der Waals surface area contributed by atoms with Crippen LogP contribution < -0.4 is 4.74 Å². The number of ether oxygens (including phenoxy) is 1. The van der Waals surface area contributed by atoms with Crippen LogP contribution in [0.4, 0.5) is 0 Å². The highest BCUT2D eigenvalue weighted by Crippen LogP contribution is 2.23. The molecular formula is C20H22ClN5O2S. The van der Waals surface area contributed by atoms with Crippen molar-refractivity contribution in [1.29, 1.82) is 0 Å². The van der Waals surface area contributed by atoms with Gasteiger partial charge in [-0.25, -0.2) is 0 Å². The van der Waals surface area contributed by atoms with Crippen molar-refractivity contribution in [2.45, 2.75) is 18.6 Å². The summed E-state index contributed by atoms with van der Waals surface area (Å²) in [5, 5.41) is 9.91. The SMILES string of the molecule is CCn1c(SCC(=O)N(C)CCOc2ccc(Cl)cc2)nnc1-c1ccncc1. The summed E-state index contributed by atoms with van der Waals surface area (Å²) in [6.07, 6.45) is 3.45. The summed E-state index contributed by atoms with van der Waals surface area (Å²) in [6, 6.07) is 10.9. The maximum atomic E-state index is 12.4. The number of amides is 1. The molecule has 0 saturated carbocycles. The monoisotopic (exact) mass is 431 g/mol. The number of nitrogens with zero attached hydrogens (tertiary/aromatic N) is 5. The molecule has 9 heteroatoms. The molecule has 0 spiro atoms. The van der Waals surface area contributed by atoms with E-state index in [0.717, 1.165) is 22.3 Å². The lowest BCUT2D eigenvalue weighted by Gasteiger charge is -2.17. The largest absolute Gasteiger partial charge is 0.492 e. The van der Waals surface area contributed by atoms with E-state index in [-0.39, 0.29) is 11.7 Å². The molecule has 0 atom stereocenters. The van der Waals surface area contributed by atoms with E-state index in [1.54, 1.807) is 48.6 Å². The van der Waals surface area contributed by atoms with Gasteiger partial charge >= 0.3 is 0 Å². The number of carbonyl (C=O) groups excluding carboxylic acids is 1. The quantitative estimate of drug-likeness (QED) is 0.481. The predicted octanol–water partition coefficient (Wildman–Crippen LogP) is 3.64. The first-order valence-electron chi connectivity index (χ1n) is 9.17. The number of rotatable bonds is 9. The molecule has 0 bridgehead atoms. The second kappa shape index (κ2) is 10.3. The first-order chi connectivity index (χ1) is 14.1. The van der Waals surface area contributed by atoms with Crippen LogP contribution in [0.2, 0.25) is 5.02 Å². The highest BCUT2D eigenvalue weighted by molar-refractivity contribution is 7.99. The Morgan fingerprint density at radius 2 is 1.90 bits per heavy atom. The fraction of sp³-hybridized carbons (Fsp3) is 0.300. The van der Waals surface area contributed by atoms with Crippen molar-refractivity contribution in [2.75, 3.05) is 26.0 Å². The minimum absolute atomic E-state index is 0.00539. The Hall–Kier alpha value is -2.58. The molecule has 2 heterocycles. The van der Waals surface area contributed by atoms with Gasteiger partial charge < -0.3 is 14.2 Å². The summed E-state index contributed by atoms with van der Waals surface area (Å²) >= 11 is 7.24. The number of likely N-dealkylation sites (N-methyl/N-ethyl adjacent to an activating group) is 1. The van der Waals surface area contributed by atoms with Crippen molar-refractivity contribution in [3.05, 3.63) is 53.8 Å². The highest BCUT2D eigenvalue weighted by Gasteiger charge is 2.16. The van der Waals surface area contributed by atoms with Crippen molar-refractivity contribution < 1.29 is 9.53 Å². The normalized spacial score (nSPS) is 10.7. The minimum atomic E-state index is 0.00539. The van der Waals surface area contributed by atoms with E-state index in [1.807, 2.05) is 23.6 Å². The second-order valence-electron chi connectivity index (χ2n) is 6.19. The summed E-state index contributed by atoms with van der Waals surface area (Å²) in [5.41, 5.74) is 0.948. The van der Waals surface area contributed by atoms with Crippen molar-refractivity contribution >= 4 is 29.3 Å². The smallest absolute Gasteiger partial charge is 0.232 e.